The molecule has 0 aliphatic carbocycles. The molecule has 3 aromatic rings. The standard InChI is InChI=1S/C15H16N6O/c1-11-12(7-16-19-11)8-20(2)15(22)13-5-3-4-6-14(13)21-9-17-18-10-21/h3-7,9-10H,8H2,1-2H3,(H,16,19). The van der Waals surface area contributed by atoms with Crippen LogP contribution in [0.3, 0.4) is 0 Å². The van der Waals surface area contributed by atoms with Crippen LogP contribution in [0.4, 0.5) is 0 Å². The number of H-pyrrole nitrogens is 1. The second kappa shape index (κ2) is 5.80. The molecule has 0 fully saturated rings. The number of aromatic amines is 1. The van der Waals surface area contributed by atoms with E-state index in [4.69, 9.17) is 0 Å². The summed E-state index contributed by atoms with van der Waals surface area (Å²) in [6.07, 6.45) is 4.89. The van der Waals surface area contributed by atoms with Gasteiger partial charge < -0.3 is 4.90 Å². The summed E-state index contributed by atoms with van der Waals surface area (Å²) < 4.78 is 1.73. The summed E-state index contributed by atoms with van der Waals surface area (Å²) >= 11 is 0. The number of carbonyl (C=O) groups excluding carboxylic acids is 1. The molecule has 0 bridgehead atoms. The highest BCUT2D eigenvalue weighted by Crippen LogP contribution is 2.17. The summed E-state index contributed by atoms with van der Waals surface area (Å²) in [5.41, 5.74) is 3.32. The van der Waals surface area contributed by atoms with Gasteiger partial charge in [-0.3, -0.25) is 14.5 Å². The molecular weight excluding hydrogens is 280 g/mol. The fraction of sp³-hybridized carbons (Fsp3) is 0.200. The molecule has 0 radical (unpaired) electrons. The Bertz CT molecular complexity index is 777. The topological polar surface area (TPSA) is 79.7 Å². The second-order valence-electron chi connectivity index (χ2n) is 5.07. The third-order valence-corrected chi connectivity index (χ3v) is 3.52. The summed E-state index contributed by atoms with van der Waals surface area (Å²) in [4.78, 5) is 14.4. The lowest BCUT2D eigenvalue weighted by molar-refractivity contribution is 0.0785. The number of para-hydroxylation sites is 1. The molecule has 7 nitrogen and oxygen atoms in total. The molecule has 1 aromatic carbocycles. The van der Waals surface area contributed by atoms with Crippen molar-refractivity contribution in [3.8, 4) is 5.69 Å². The lowest BCUT2D eigenvalue weighted by Crippen LogP contribution is -2.27. The second-order valence-corrected chi connectivity index (χ2v) is 5.07. The summed E-state index contributed by atoms with van der Waals surface area (Å²) in [6, 6.07) is 7.40. The molecule has 7 heteroatoms. The molecular formula is C15H16N6O. The number of aromatic nitrogens is 5. The minimum absolute atomic E-state index is 0.0649. The largest absolute Gasteiger partial charge is 0.337 e. The Balaban J connectivity index is 1.88. The maximum Gasteiger partial charge on any atom is 0.256 e. The van der Waals surface area contributed by atoms with Crippen molar-refractivity contribution in [2.45, 2.75) is 13.5 Å². The van der Waals surface area contributed by atoms with Crippen LogP contribution in [0.2, 0.25) is 0 Å². The smallest absolute Gasteiger partial charge is 0.256 e. The van der Waals surface area contributed by atoms with Crippen molar-refractivity contribution in [1.29, 1.82) is 0 Å². The molecule has 1 N–H and O–H groups in total. The molecule has 0 aliphatic rings. The zero-order valence-corrected chi connectivity index (χ0v) is 12.4. The number of benzene rings is 1. The number of nitrogens with zero attached hydrogens (tertiary/aromatic N) is 5. The Kier molecular flexibility index (Phi) is 3.69. The monoisotopic (exact) mass is 296 g/mol. The number of rotatable bonds is 4. The van der Waals surface area contributed by atoms with E-state index in [2.05, 4.69) is 20.4 Å². The number of aryl methyl sites for hydroxylation is 1. The van der Waals surface area contributed by atoms with Gasteiger partial charge in [-0.15, -0.1) is 10.2 Å². The fourth-order valence-corrected chi connectivity index (χ4v) is 2.27. The third kappa shape index (κ3) is 2.60. The molecule has 3 rings (SSSR count). The summed E-state index contributed by atoms with van der Waals surface area (Å²) in [5, 5.41) is 14.4. The van der Waals surface area contributed by atoms with Crippen LogP contribution in [0.25, 0.3) is 5.69 Å². The predicted octanol–water partition coefficient (Wildman–Crippen LogP) is 1.57. The highest BCUT2D eigenvalue weighted by Gasteiger charge is 2.17. The van der Waals surface area contributed by atoms with Gasteiger partial charge in [0.2, 0.25) is 0 Å². The quantitative estimate of drug-likeness (QED) is 0.792. The lowest BCUT2D eigenvalue weighted by atomic mass is 10.1. The Morgan fingerprint density at radius 2 is 2.00 bits per heavy atom. The first-order valence-electron chi connectivity index (χ1n) is 6.85. The molecule has 0 aliphatic heterocycles. The van der Waals surface area contributed by atoms with Gasteiger partial charge in [-0.25, -0.2) is 0 Å². The van der Waals surface area contributed by atoms with Crippen LogP contribution in [0.5, 0.6) is 0 Å². The first kappa shape index (κ1) is 14.0. The first-order valence-corrected chi connectivity index (χ1v) is 6.85. The molecule has 2 aromatic heterocycles. The van der Waals surface area contributed by atoms with Crippen LogP contribution in [-0.2, 0) is 6.54 Å². The lowest BCUT2D eigenvalue weighted by Gasteiger charge is -2.18. The van der Waals surface area contributed by atoms with Crippen molar-refractivity contribution in [2.75, 3.05) is 7.05 Å². The number of nitrogens with one attached hydrogen (secondary N) is 1. The molecule has 2 heterocycles. The number of hydrogen-bond donors (Lipinski definition) is 1. The van der Waals surface area contributed by atoms with Crippen molar-refractivity contribution in [3.05, 3.63) is 59.9 Å². The average Bonchev–Trinajstić information content (AvgIpc) is 3.19. The van der Waals surface area contributed by atoms with E-state index >= 15 is 0 Å². The van der Waals surface area contributed by atoms with Gasteiger partial charge in [-0.1, -0.05) is 12.1 Å². The summed E-state index contributed by atoms with van der Waals surface area (Å²) in [7, 11) is 1.78. The zero-order valence-electron chi connectivity index (χ0n) is 12.4. The minimum Gasteiger partial charge on any atom is -0.337 e. The van der Waals surface area contributed by atoms with E-state index in [1.54, 1.807) is 41.4 Å². The fourth-order valence-electron chi connectivity index (χ4n) is 2.27. The van der Waals surface area contributed by atoms with Gasteiger partial charge >= 0.3 is 0 Å². The molecule has 0 unspecified atom stereocenters. The minimum atomic E-state index is -0.0649. The maximum atomic E-state index is 12.7. The zero-order chi connectivity index (χ0) is 15.5. The summed E-state index contributed by atoms with van der Waals surface area (Å²) in [6.45, 7) is 2.43. The Labute approximate surface area is 127 Å². The number of carbonyl (C=O) groups is 1. The molecule has 22 heavy (non-hydrogen) atoms. The van der Waals surface area contributed by atoms with E-state index in [0.717, 1.165) is 16.9 Å². The average molecular weight is 296 g/mol. The maximum absolute atomic E-state index is 12.7. The highest BCUT2D eigenvalue weighted by atomic mass is 16.2. The third-order valence-electron chi connectivity index (χ3n) is 3.52. The van der Waals surface area contributed by atoms with Crippen molar-refractivity contribution >= 4 is 5.91 Å². The van der Waals surface area contributed by atoms with E-state index in [9.17, 15) is 4.79 Å². The van der Waals surface area contributed by atoms with E-state index in [-0.39, 0.29) is 5.91 Å². The van der Waals surface area contributed by atoms with Gasteiger partial charge in [-0.05, 0) is 19.1 Å². The molecule has 0 saturated heterocycles. The Morgan fingerprint density at radius 3 is 2.68 bits per heavy atom. The van der Waals surface area contributed by atoms with Crippen LogP contribution in [0.15, 0.2) is 43.1 Å². The van der Waals surface area contributed by atoms with E-state index in [0.29, 0.717) is 12.1 Å². The van der Waals surface area contributed by atoms with Gasteiger partial charge in [0.1, 0.15) is 12.7 Å². The van der Waals surface area contributed by atoms with Crippen LogP contribution in [-0.4, -0.2) is 42.8 Å². The predicted molar refractivity (Wildman–Crippen MR) is 80.5 cm³/mol. The van der Waals surface area contributed by atoms with Gasteiger partial charge in [0.25, 0.3) is 5.91 Å². The van der Waals surface area contributed by atoms with E-state index < -0.39 is 0 Å². The highest BCUT2D eigenvalue weighted by molar-refractivity contribution is 5.97. The Hall–Kier alpha value is -2.96. The normalized spacial score (nSPS) is 10.6. The molecule has 112 valence electrons. The molecule has 0 spiro atoms. The summed E-state index contributed by atoms with van der Waals surface area (Å²) in [5.74, 6) is -0.0649. The SMILES string of the molecule is Cc1[nH]ncc1CN(C)C(=O)c1ccccc1-n1cnnc1. The van der Waals surface area contributed by atoms with Crippen molar-refractivity contribution in [1.82, 2.24) is 29.9 Å². The van der Waals surface area contributed by atoms with Crippen LogP contribution in [0, 0.1) is 6.92 Å². The van der Waals surface area contributed by atoms with Gasteiger partial charge in [0.15, 0.2) is 0 Å². The molecule has 0 atom stereocenters. The van der Waals surface area contributed by atoms with Crippen LogP contribution in [0.1, 0.15) is 21.6 Å². The van der Waals surface area contributed by atoms with Gasteiger partial charge in [0.05, 0.1) is 17.4 Å². The van der Waals surface area contributed by atoms with Gasteiger partial charge in [-0.2, -0.15) is 5.10 Å². The number of hydrogen-bond acceptors (Lipinski definition) is 4. The Morgan fingerprint density at radius 1 is 1.27 bits per heavy atom. The first-order chi connectivity index (χ1) is 10.7. The van der Waals surface area contributed by atoms with Crippen LogP contribution < -0.4 is 0 Å². The number of amides is 1. The molecule has 0 saturated carbocycles. The van der Waals surface area contributed by atoms with E-state index in [1.165, 1.54) is 0 Å². The van der Waals surface area contributed by atoms with Crippen molar-refractivity contribution in [2.24, 2.45) is 0 Å². The van der Waals surface area contributed by atoms with Gasteiger partial charge in [0, 0.05) is 24.8 Å². The van der Waals surface area contributed by atoms with Crippen LogP contribution >= 0.6 is 0 Å². The van der Waals surface area contributed by atoms with Crippen molar-refractivity contribution in [3.63, 3.8) is 0 Å². The van der Waals surface area contributed by atoms with E-state index in [1.807, 2.05) is 25.1 Å². The van der Waals surface area contributed by atoms with Crippen molar-refractivity contribution < 1.29 is 4.79 Å². The molecule has 1 amide bonds.